The molecule has 0 aromatic heterocycles. The van der Waals surface area contributed by atoms with Gasteiger partial charge in [-0.1, -0.05) is 13.8 Å². The molecule has 0 radical (unpaired) electrons. The van der Waals surface area contributed by atoms with Crippen molar-refractivity contribution in [2.75, 3.05) is 19.6 Å². The van der Waals surface area contributed by atoms with Crippen LogP contribution in [-0.4, -0.2) is 35.6 Å². The number of nitrogens with zero attached hydrogens (tertiary/aromatic N) is 2. The highest BCUT2D eigenvalue weighted by atomic mass is 16.4. The summed E-state index contributed by atoms with van der Waals surface area (Å²) in [5.74, 6) is -1.10. The quantitative estimate of drug-likeness (QED) is 0.627. The highest BCUT2D eigenvalue weighted by molar-refractivity contribution is 5.69. The monoisotopic (exact) mass is 198 g/mol. The number of nitriles is 1. The second-order valence-electron chi connectivity index (χ2n) is 3.39. The van der Waals surface area contributed by atoms with Crippen molar-refractivity contribution in [2.45, 2.75) is 26.7 Å². The highest BCUT2D eigenvalue weighted by Crippen LogP contribution is 2.02. The van der Waals surface area contributed by atoms with Crippen LogP contribution in [0.25, 0.3) is 0 Å². The molecule has 0 spiro atoms. The minimum absolute atomic E-state index is 0.336. The highest BCUT2D eigenvalue weighted by Gasteiger charge is 2.14. The van der Waals surface area contributed by atoms with Crippen LogP contribution in [0.2, 0.25) is 0 Å². The largest absolute Gasteiger partial charge is 0.481 e. The zero-order valence-corrected chi connectivity index (χ0v) is 8.86. The second-order valence-corrected chi connectivity index (χ2v) is 3.39. The Labute approximate surface area is 85.1 Å². The summed E-state index contributed by atoms with van der Waals surface area (Å²) in [5.41, 5.74) is 0. The van der Waals surface area contributed by atoms with E-state index in [1.807, 2.05) is 6.92 Å². The Morgan fingerprint density at radius 2 is 2.29 bits per heavy atom. The van der Waals surface area contributed by atoms with Gasteiger partial charge in [0.2, 0.25) is 0 Å². The molecule has 4 nitrogen and oxygen atoms in total. The van der Waals surface area contributed by atoms with Gasteiger partial charge in [-0.05, 0) is 19.5 Å². The van der Waals surface area contributed by atoms with Gasteiger partial charge in [-0.3, -0.25) is 4.79 Å². The van der Waals surface area contributed by atoms with Crippen LogP contribution in [0.4, 0.5) is 0 Å². The topological polar surface area (TPSA) is 64.3 Å². The third kappa shape index (κ3) is 5.55. The van der Waals surface area contributed by atoms with Gasteiger partial charge in [-0.15, -0.1) is 0 Å². The summed E-state index contributed by atoms with van der Waals surface area (Å²) in [6.07, 6.45) is 1.36. The fraction of sp³-hybridized carbons (Fsp3) is 0.800. The molecule has 0 aromatic carbocycles. The molecule has 1 unspecified atom stereocenters. The van der Waals surface area contributed by atoms with Gasteiger partial charge < -0.3 is 10.0 Å². The van der Waals surface area contributed by atoms with Crippen LogP contribution in [0.5, 0.6) is 0 Å². The lowest BCUT2D eigenvalue weighted by molar-refractivity contribution is -0.141. The van der Waals surface area contributed by atoms with E-state index in [0.29, 0.717) is 13.0 Å². The average molecular weight is 198 g/mol. The normalized spacial score (nSPS) is 12.4. The van der Waals surface area contributed by atoms with E-state index in [0.717, 1.165) is 19.5 Å². The minimum atomic E-state index is -0.760. The third-order valence-electron chi connectivity index (χ3n) is 2.16. The van der Waals surface area contributed by atoms with Crippen LogP contribution in [0.15, 0.2) is 0 Å². The number of carbonyl (C=O) groups is 1. The predicted octanol–water partition coefficient (Wildman–Crippen LogP) is 1.33. The van der Waals surface area contributed by atoms with Crippen LogP contribution in [0, 0.1) is 17.2 Å². The second kappa shape index (κ2) is 7.34. The van der Waals surface area contributed by atoms with Gasteiger partial charge in [0.25, 0.3) is 0 Å². The van der Waals surface area contributed by atoms with Gasteiger partial charge in [0.05, 0.1) is 12.0 Å². The molecule has 0 saturated carbocycles. The number of carboxylic acids is 1. The standard InChI is InChI=1S/C10H18N2O2/c1-3-12(7-5-4-6-11)8-9(2)10(13)14/h9H,3-5,7-8H2,1-2H3,(H,13,14). The molecule has 1 atom stereocenters. The third-order valence-corrected chi connectivity index (χ3v) is 2.16. The number of hydrogen-bond acceptors (Lipinski definition) is 3. The van der Waals surface area contributed by atoms with E-state index in [9.17, 15) is 4.79 Å². The van der Waals surface area contributed by atoms with Crippen LogP contribution in [-0.2, 0) is 4.79 Å². The maximum absolute atomic E-state index is 10.6. The molecule has 0 amide bonds. The first-order valence-corrected chi connectivity index (χ1v) is 4.93. The Bertz CT molecular complexity index is 211. The maximum atomic E-state index is 10.6. The van der Waals surface area contributed by atoms with Crippen LogP contribution >= 0.6 is 0 Å². The fourth-order valence-corrected chi connectivity index (χ4v) is 1.23. The van der Waals surface area contributed by atoms with E-state index >= 15 is 0 Å². The summed E-state index contributed by atoms with van der Waals surface area (Å²) in [4.78, 5) is 12.7. The molecule has 0 fully saturated rings. The number of aliphatic carboxylic acids is 1. The Morgan fingerprint density at radius 3 is 2.71 bits per heavy atom. The van der Waals surface area contributed by atoms with Gasteiger partial charge in [0.15, 0.2) is 0 Å². The van der Waals surface area contributed by atoms with Gasteiger partial charge in [0.1, 0.15) is 0 Å². The molecule has 0 heterocycles. The Morgan fingerprint density at radius 1 is 1.64 bits per heavy atom. The first kappa shape index (κ1) is 12.9. The lowest BCUT2D eigenvalue weighted by Gasteiger charge is -2.21. The SMILES string of the molecule is CCN(CCCC#N)CC(C)C(=O)O. The van der Waals surface area contributed by atoms with E-state index in [4.69, 9.17) is 10.4 Å². The Balaban J connectivity index is 3.79. The van der Waals surface area contributed by atoms with E-state index in [1.54, 1.807) is 6.92 Å². The summed E-state index contributed by atoms with van der Waals surface area (Å²) in [7, 11) is 0. The fourth-order valence-electron chi connectivity index (χ4n) is 1.23. The Kier molecular flexibility index (Phi) is 6.77. The van der Waals surface area contributed by atoms with Gasteiger partial charge >= 0.3 is 5.97 Å². The number of carboxylic acid groups (broad SMARTS) is 1. The molecule has 0 aliphatic heterocycles. The molecule has 4 heteroatoms. The van der Waals surface area contributed by atoms with Crippen molar-refractivity contribution in [1.29, 1.82) is 5.26 Å². The van der Waals surface area contributed by atoms with E-state index in [2.05, 4.69) is 11.0 Å². The lowest BCUT2D eigenvalue weighted by Crippen LogP contribution is -2.32. The zero-order chi connectivity index (χ0) is 11.0. The smallest absolute Gasteiger partial charge is 0.307 e. The molecule has 0 saturated heterocycles. The molecular weight excluding hydrogens is 180 g/mol. The first-order valence-electron chi connectivity index (χ1n) is 4.93. The lowest BCUT2D eigenvalue weighted by atomic mass is 10.1. The van der Waals surface area contributed by atoms with Crippen molar-refractivity contribution in [1.82, 2.24) is 4.90 Å². The van der Waals surface area contributed by atoms with Crippen molar-refractivity contribution in [3.63, 3.8) is 0 Å². The molecule has 80 valence electrons. The van der Waals surface area contributed by atoms with Crippen LogP contribution < -0.4 is 0 Å². The summed E-state index contributed by atoms with van der Waals surface area (Å²) in [6.45, 7) is 5.91. The minimum Gasteiger partial charge on any atom is -0.481 e. The van der Waals surface area contributed by atoms with Crippen molar-refractivity contribution in [2.24, 2.45) is 5.92 Å². The summed E-state index contributed by atoms with van der Waals surface area (Å²) >= 11 is 0. The van der Waals surface area contributed by atoms with Crippen molar-refractivity contribution >= 4 is 5.97 Å². The maximum Gasteiger partial charge on any atom is 0.307 e. The van der Waals surface area contributed by atoms with Gasteiger partial charge in [-0.25, -0.2) is 0 Å². The van der Waals surface area contributed by atoms with E-state index in [1.165, 1.54) is 0 Å². The molecule has 0 aromatic rings. The Hall–Kier alpha value is -1.08. The van der Waals surface area contributed by atoms with Crippen LogP contribution in [0.1, 0.15) is 26.7 Å². The first-order chi connectivity index (χ1) is 6.61. The number of rotatable bonds is 7. The van der Waals surface area contributed by atoms with Gasteiger partial charge in [-0.2, -0.15) is 5.26 Å². The number of unbranched alkanes of at least 4 members (excludes halogenated alkanes) is 1. The zero-order valence-electron chi connectivity index (χ0n) is 8.86. The van der Waals surface area contributed by atoms with E-state index < -0.39 is 5.97 Å². The molecule has 1 N–H and O–H groups in total. The summed E-state index contributed by atoms with van der Waals surface area (Å²) in [5, 5.41) is 17.1. The summed E-state index contributed by atoms with van der Waals surface area (Å²) in [6, 6.07) is 2.08. The molecule has 0 rings (SSSR count). The van der Waals surface area contributed by atoms with Crippen molar-refractivity contribution < 1.29 is 9.90 Å². The molecule has 0 aliphatic rings. The van der Waals surface area contributed by atoms with E-state index in [-0.39, 0.29) is 5.92 Å². The summed E-state index contributed by atoms with van der Waals surface area (Å²) < 4.78 is 0. The number of hydrogen-bond donors (Lipinski definition) is 1. The van der Waals surface area contributed by atoms with Crippen molar-refractivity contribution in [3.8, 4) is 6.07 Å². The molecular formula is C10H18N2O2. The van der Waals surface area contributed by atoms with Crippen molar-refractivity contribution in [3.05, 3.63) is 0 Å². The van der Waals surface area contributed by atoms with Gasteiger partial charge in [0, 0.05) is 13.0 Å². The molecule has 0 aliphatic carbocycles. The predicted molar refractivity (Wildman–Crippen MR) is 53.8 cm³/mol. The molecule has 0 bridgehead atoms. The average Bonchev–Trinajstić information content (AvgIpc) is 2.16. The van der Waals surface area contributed by atoms with Crippen LogP contribution in [0.3, 0.4) is 0 Å². The molecule has 14 heavy (non-hydrogen) atoms.